The summed E-state index contributed by atoms with van der Waals surface area (Å²) in [6, 6.07) is 6.86. The molecule has 7 heteroatoms. The van der Waals surface area contributed by atoms with E-state index in [-0.39, 0.29) is 5.56 Å². The third-order valence-electron chi connectivity index (χ3n) is 3.01. The number of carboxylic acids is 1. The molecule has 0 spiro atoms. The third-order valence-corrected chi connectivity index (χ3v) is 3.82. The Morgan fingerprint density at radius 3 is 2.90 bits per heavy atom. The Morgan fingerprint density at radius 2 is 2.19 bits per heavy atom. The first-order valence-electron chi connectivity index (χ1n) is 5.96. The lowest BCUT2D eigenvalue weighted by atomic mass is 10.2. The molecule has 5 nitrogen and oxygen atoms in total. The van der Waals surface area contributed by atoms with Crippen LogP contribution in [0.25, 0.3) is 5.52 Å². The third kappa shape index (κ3) is 2.59. The van der Waals surface area contributed by atoms with Crippen LogP contribution < -0.4 is 5.32 Å². The maximum Gasteiger partial charge on any atom is 0.337 e. The van der Waals surface area contributed by atoms with E-state index in [1.165, 1.54) is 6.07 Å². The van der Waals surface area contributed by atoms with E-state index in [0.717, 1.165) is 4.47 Å². The second-order valence-electron chi connectivity index (χ2n) is 4.34. The maximum absolute atomic E-state index is 11.4. The van der Waals surface area contributed by atoms with E-state index in [4.69, 9.17) is 11.6 Å². The molecule has 0 saturated carbocycles. The fourth-order valence-electron chi connectivity index (χ4n) is 2.03. The van der Waals surface area contributed by atoms with Crippen LogP contribution in [0, 0.1) is 0 Å². The highest BCUT2D eigenvalue weighted by atomic mass is 79.9. The highest BCUT2D eigenvalue weighted by molar-refractivity contribution is 9.10. The first kappa shape index (κ1) is 13.9. The zero-order valence-corrected chi connectivity index (χ0v) is 12.9. The van der Waals surface area contributed by atoms with Gasteiger partial charge in [0.15, 0.2) is 0 Å². The minimum absolute atomic E-state index is 0.155. The van der Waals surface area contributed by atoms with Crippen LogP contribution in [-0.2, 0) is 0 Å². The van der Waals surface area contributed by atoms with Gasteiger partial charge in [-0.15, -0.1) is 0 Å². The van der Waals surface area contributed by atoms with Gasteiger partial charge in [0.05, 0.1) is 40.0 Å². The Balaban J connectivity index is 2.16. The van der Waals surface area contributed by atoms with Gasteiger partial charge in [-0.2, -0.15) is 0 Å². The molecule has 0 fully saturated rings. The molecule has 3 aromatic rings. The number of anilines is 2. The summed E-state index contributed by atoms with van der Waals surface area (Å²) in [6.07, 6.45) is 4.86. The molecule has 2 aromatic heterocycles. The van der Waals surface area contributed by atoms with Crippen LogP contribution in [-0.4, -0.2) is 20.5 Å². The molecule has 2 N–H and O–H groups in total. The van der Waals surface area contributed by atoms with E-state index >= 15 is 0 Å². The number of imidazole rings is 1. The summed E-state index contributed by atoms with van der Waals surface area (Å²) in [6.45, 7) is 0. The number of rotatable bonds is 3. The molecule has 106 valence electrons. The van der Waals surface area contributed by atoms with Crippen molar-refractivity contribution in [3.05, 3.63) is 58.0 Å². The van der Waals surface area contributed by atoms with E-state index in [1.54, 1.807) is 35.3 Å². The van der Waals surface area contributed by atoms with Crippen molar-refractivity contribution in [3.63, 3.8) is 0 Å². The second-order valence-corrected chi connectivity index (χ2v) is 5.67. The molecule has 1 aromatic carbocycles. The van der Waals surface area contributed by atoms with Crippen LogP contribution in [0.1, 0.15) is 10.4 Å². The van der Waals surface area contributed by atoms with Crippen molar-refractivity contribution in [2.75, 3.05) is 5.32 Å². The molecule has 3 rings (SSSR count). The van der Waals surface area contributed by atoms with Crippen molar-refractivity contribution in [1.29, 1.82) is 0 Å². The van der Waals surface area contributed by atoms with Gasteiger partial charge in [0.2, 0.25) is 0 Å². The van der Waals surface area contributed by atoms with E-state index in [2.05, 4.69) is 26.2 Å². The minimum Gasteiger partial charge on any atom is -0.478 e. The molecule has 0 amide bonds. The lowest BCUT2D eigenvalue weighted by Gasteiger charge is -2.13. The van der Waals surface area contributed by atoms with Gasteiger partial charge < -0.3 is 14.8 Å². The number of carboxylic acid groups (broad SMARTS) is 1. The summed E-state index contributed by atoms with van der Waals surface area (Å²) < 4.78 is 2.58. The fraction of sp³-hybridized carbons (Fsp3) is 0. The van der Waals surface area contributed by atoms with E-state index in [0.29, 0.717) is 21.9 Å². The molecule has 21 heavy (non-hydrogen) atoms. The number of hydrogen-bond acceptors (Lipinski definition) is 3. The SMILES string of the molecule is O=C(O)c1ccn2cncc2c1Nc1ccc(Br)cc1Cl. The van der Waals surface area contributed by atoms with Gasteiger partial charge in [-0.25, -0.2) is 9.78 Å². The standard InChI is InChI=1S/C14H9BrClN3O2/c15-8-1-2-11(10(16)5-8)18-13-9(14(20)21)3-4-19-7-17-6-12(13)19/h1-7,18H,(H,20,21). The van der Waals surface area contributed by atoms with E-state index < -0.39 is 5.97 Å². The molecule has 2 heterocycles. The van der Waals surface area contributed by atoms with Crippen LogP contribution in [0.4, 0.5) is 11.4 Å². The average Bonchev–Trinajstić information content (AvgIpc) is 2.90. The second kappa shape index (κ2) is 5.38. The van der Waals surface area contributed by atoms with Crippen molar-refractivity contribution < 1.29 is 9.90 Å². The van der Waals surface area contributed by atoms with Gasteiger partial charge in [0.1, 0.15) is 0 Å². The van der Waals surface area contributed by atoms with Crippen molar-refractivity contribution in [3.8, 4) is 0 Å². The molecule has 0 aliphatic rings. The highest BCUT2D eigenvalue weighted by Crippen LogP contribution is 2.32. The Hall–Kier alpha value is -2.05. The van der Waals surface area contributed by atoms with Crippen LogP contribution in [0.3, 0.4) is 0 Å². The first-order valence-corrected chi connectivity index (χ1v) is 7.13. The minimum atomic E-state index is -1.02. The number of carbonyl (C=O) groups is 1. The number of pyridine rings is 1. The molecule has 0 atom stereocenters. The number of halogens is 2. The number of aromatic carboxylic acids is 1. The first-order chi connectivity index (χ1) is 10.1. The predicted octanol–water partition coefficient (Wildman–Crippen LogP) is 4.19. The molecular weight excluding hydrogens is 358 g/mol. The number of nitrogens with zero attached hydrogens (tertiary/aromatic N) is 2. The molecular formula is C14H9BrClN3O2. The van der Waals surface area contributed by atoms with Crippen LogP contribution in [0.2, 0.25) is 5.02 Å². The largest absolute Gasteiger partial charge is 0.478 e. The molecule has 0 aliphatic heterocycles. The summed E-state index contributed by atoms with van der Waals surface area (Å²) in [7, 11) is 0. The zero-order chi connectivity index (χ0) is 15.0. The van der Waals surface area contributed by atoms with Crippen LogP contribution in [0.5, 0.6) is 0 Å². The van der Waals surface area contributed by atoms with Crippen molar-refractivity contribution in [2.45, 2.75) is 0 Å². The molecule has 0 aliphatic carbocycles. The van der Waals surface area contributed by atoms with Gasteiger partial charge in [-0.3, -0.25) is 0 Å². The maximum atomic E-state index is 11.4. The fourth-order valence-corrected chi connectivity index (χ4v) is 2.75. The van der Waals surface area contributed by atoms with Gasteiger partial charge >= 0.3 is 5.97 Å². The zero-order valence-electron chi connectivity index (χ0n) is 10.5. The number of hydrogen-bond donors (Lipinski definition) is 2. The van der Waals surface area contributed by atoms with Crippen molar-refractivity contribution in [1.82, 2.24) is 9.38 Å². The smallest absolute Gasteiger partial charge is 0.337 e. The van der Waals surface area contributed by atoms with E-state index in [9.17, 15) is 9.90 Å². The number of aromatic nitrogens is 2. The van der Waals surface area contributed by atoms with Gasteiger partial charge in [0, 0.05) is 10.7 Å². The molecule has 0 bridgehead atoms. The Kier molecular flexibility index (Phi) is 3.57. The topological polar surface area (TPSA) is 66.6 Å². The lowest BCUT2D eigenvalue weighted by Crippen LogP contribution is -2.05. The number of nitrogens with one attached hydrogen (secondary N) is 1. The molecule has 0 radical (unpaired) electrons. The van der Waals surface area contributed by atoms with Gasteiger partial charge in [0.25, 0.3) is 0 Å². The Morgan fingerprint density at radius 1 is 1.38 bits per heavy atom. The number of fused-ring (bicyclic) bond motifs is 1. The number of benzene rings is 1. The summed E-state index contributed by atoms with van der Waals surface area (Å²) in [5.41, 5.74) is 1.89. The Bertz CT molecular complexity index is 847. The van der Waals surface area contributed by atoms with Crippen molar-refractivity contribution in [2.24, 2.45) is 0 Å². The molecule has 0 saturated heterocycles. The summed E-state index contributed by atoms with van der Waals surface area (Å²) in [5.74, 6) is -1.02. The quantitative estimate of drug-likeness (QED) is 0.729. The summed E-state index contributed by atoms with van der Waals surface area (Å²) >= 11 is 9.51. The van der Waals surface area contributed by atoms with Gasteiger partial charge in [-0.1, -0.05) is 27.5 Å². The normalized spacial score (nSPS) is 10.8. The van der Waals surface area contributed by atoms with Crippen LogP contribution in [0.15, 0.2) is 47.5 Å². The van der Waals surface area contributed by atoms with E-state index in [1.807, 2.05) is 6.07 Å². The molecule has 0 unspecified atom stereocenters. The average molecular weight is 367 g/mol. The van der Waals surface area contributed by atoms with Crippen LogP contribution >= 0.6 is 27.5 Å². The summed E-state index contributed by atoms with van der Waals surface area (Å²) in [5, 5.41) is 12.9. The summed E-state index contributed by atoms with van der Waals surface area (Å²) in [4.78, 5) is 15.4. The van der Waals surface area contributed by atoms with Gasteiger partial charge in [-0.05, 0) is 24.3 Å². The van der Waals surface area contributed by atoms with Crippen molar-refractivity contribution >= 4 is 50.4 Å². The lowest BCUT2D eigenvalue weighted by molar-refractivity contribution is 0.0698. The Labute approximate surface area is 133 Å². The highest BCUT2D eigenvalue weighted by Gasteiger charge is 2.15. The monoisotopic (exact) mass is 365 g/mol. The predicted molar refractivity (Wildman–Crippen MR) is 84.6 cm³/mol.